The Labute approximate surface area is 406 Å². The molecule has 0 fully saturated rings. The van der Waals surface area contributed by atoms with E-state index in [1.807, 2.05) is 0 Å². The van der Waals surface area contributed by atoms with Gasteiger partial charge in [-0.3, -0.25) is 28.8 Å². The van der Waals surface area contributed by atoms with Crippen LogP contribution in [0.15, 0.2) is 0 Å². The van der Waals surface area contributed by atoms with Gasteiger partial charge < -0.3 is 71.9 Å². The molecule has 328 valence electrons. The van der Waals surface area contributed by atoms with E-state index in [9.17, 15) is 69.6 Å². The molecule has 20 nitrogen and oxygen atoms in total. The standard InChI is InChI=1S/C34H43I5N6O14/c1-13-18(33(58)44(2)7-14(50)9-46)22(35)19(24(37)27(13)42-29(54)16(52)11-48)31(56)40-5-4-6-41-32(57)20-23(36)21(34(59)45(3)8-15(51)10-47)26(39)28(25(20)38)43-30(55)17(53)12-49/h14-17,46-53H,4-12H2,1-3H3,(H,40,56)(H,41,57)(H,42,54)(H,43,55). The first-order valence-corrected chi connectivity index (χ1v) is 22.6. The molecule has 0 saturated heterocycles. The Balaban J connectivity index is 2.44. The Bertz CT molecular complexity index is 1790. The summed E-state index contributed by atoms with van der Waals surface area (Å²) in [4.78, 5) is 82.2. The highest BCUT2D eigenvalue weighted by Crippen LogP contribution is 2.37. The van der Waals surface area contributed by atoms with Crippen LogP contribution in [0.2, 0.25) is 0 Å². The second-order valence-electron chi connectivity index (χ2n) is 12.7. The number of benzene rings is 2. The lowest BCUT2D eigenvalue weighted by molar-refractivity contribution is -0.126. The van der Waals surface area contributed by atoms with Crippen molar-refractivity contribution in [2.45, 2.75) is 37.8 Å². The quantitative estimate of drug-likeness (QED) is 0.0560. The number of carbonyl (C=O) groups excluding carboxylic acids is 6. The molecular weight excluding hydrogens is 1350 g/mol. The van der Waals surface area contributed by atoms with Gasteiger partial charge in [0.1, 0.15) is 0 Å². The van der Waals surface area contributed by atoms with Crippen LogP contribution in [0.1, 0.15) is 53.4 Å². The van der Waals surface area contributed by atoms with E-state index in [-0.39, 0.29) is 89.6 Å². The predicted molar refractivity (Wildman–Crippen MR) is 254 cm³/mol. The summed E-state index contributed by atoms with van der Waals surface area (Å²) in [6.07, 6.45) is -6.00. The molecule has 2 aromatic rings. The van der Waals surface area contributed by atoms with E-state index in [1.54, 1.807) is 113 Å². The number of amides is 6. The first-order valence-electron chi connectivity index (χ1n) is 17.2. The van der Waals surface area contributed by atoms with Gasteiger partial charge in [-0.05, 0) is 132 Å². The van der Waals surface area contributed by atoms with Crippen LogP contribution in [0.25, 0.3) is 0 Å². The zero-order valence-corrected chi connectivity index (χ0v) is 42.3. The lowest BCUT2D eigenvalue weighted by atomic mass is 10.00. The average Bonchev–Trinajstić information content (AvgIpc) is 3.19. The van der Waals surface area contributed by atoms with Crippen molar-refractivity contribution in [2.24, 2.45) is 0 Å². The normalized spacial score (nSPS) is 13.2. The molecule has 0 aliphatic rings. The third-order valence-electron chi connectivity index (χ3n) is 8.28. The predicted octanol–water partition coefficient (Wildman–Crippen LogP) is -0.998. The number of aliphatic hydroxyl groups excluding tert-OH is 8. The molecule has 4 unspecified atom stereocenters. The first kappa shape index (κ1) is 53.7. The van der Waals surface area contributed by atoms with Crippen LogP contribution < -0.4 is 21.3 Å². The molecular formula is C34H43I5N6O14. The lowest BCUT2D eigenvalue weighted by Gasteiger charge is -2.25. The number of nitrogens with one attached hydrogen (secondary N) is 4. The van der Waals surface area contributed by atoms with Crippen molar-refractivity contribution in [1.82, 2.24) is 20.4 Å². The van der Waals surface area contributed by atoms with E-state index < -0.39 is 86.3 Å². The Morgan fingerprint density at radius 2 is 0.898 bits per heavy atom. The second kappa shape index (κ2) is 25.0. The zero-order chi connectivity index (χ0) is 45.0. The van der Waals surface area contributed by atoms with Crippen molar-refractivity contribution < 1.29 is 69.6 Å². The molecule has 25 heteroatoms. The number of anilines is 2. The van der Waals surface area contributed by atoms with E-state index in [4.69, 9.17) is 0 Å². The highest BCUT2D eigenvalue weighted by atomic mass is 127. The van der Waals surface area contributed by atoms with Crippen molar-refractivity contribution in [3.05, 3.63) is 45.7 Å². The number of halogens is 5. The number of aliphatic hydroxyl groups is 8. The Hall–Kier alpha value is -1.41. The fourth-order valence-corrected chi connectivity index (χ4v) is 12.2. The van der Waals surface area contributed by atoms with Crippen LogP contribution in [-0.2, 0) is 9.59 Å². The zero-order valence-electron chi connectivity index (χ0n) is 31.5. The molecule has 4 atom stereocenters. The maximum atomic E-state index is 13.7. The van der Waals surface area contributed by atoms with Crippen LogP contribution in [-0.4, -0.2) is 177 Å². The molecule has 0 spiro atoms. The fraction of sp³-hybridized carbons (Fsp3) is 0.471. The monoisotopic (exact) mass is 1390 g/mol. The third kappa shape index (κ3) is 13.8. The molecule has 0 aromatic heterocycles. The van der Waals surface area contributed by atoms with Gasteiger partial charge in [-0.1, -0.05) is 0 Å². The molecule has 2 aromatic carbocycles. The molecule has 6 amide bonds. The number of rotatable bonds is 20. The molecule has 0 aliphatic carbocycles. The largest absolute Gasteiger partial charge is 0.394 e. The van der Waals surface area contributed by atoms with Crippen molar-refractivity contribution in [2.75, 3.05) is 77.3 Å². The van der Waals surface area contributed by atoms with E-state index in [0.29, 0.717) is 0 Å². The summed E-state index contributed by atoms with van der Waals surface area (Å²) in [6, 6.07) is 0. The van der Waals surface area contributed by atoms with Gasteiger partial charge in [-0.2, -0.15) is 0 Å². The van der Waals surface area contributed by atoms with E-state index in [2.05, 4.69) is 21.3 Å². The summed E-state index contributed by atoms with van der Waals surface area (Å²) in [7, 11) is 2.74. The van der Waals surface area contributed by atoms with Gasteiger partial charge in [0.2, 0.25) is 0 Å². The van der Waals surface area contributed by atoms with Gasteiger partial charge in [-0.25, -0.2) is 0 Å². The smallest absolute Gasteiger partial charge is 0.255 e. The molecule has 0 radical (unpaired) electrons. The van der Waals surface area contributed by atoms with E-state index in [1.165, 1.54) is 21.0 Å². The highest BCUT2D eigenvalue weighted by Gasteiger charge is 2.33. The van der Waals surface area contributed by atoms with Gasteiger partial charge in [0.25, 0.3) is 35.4 Å². The fourth-order valence-electron chi connectivity index (χ4n) is 5.11. The number of hydrogen-bond donors (Lipinski definition) is 12. The lowest BCUT2D eigenvalue weighted by Crippen LogP contribution is -2.38. The third-order valence-corrected chi connectivity index (χ3v) is 13.7. The summed E-state index contributed by atoms with van der Waals surface area (Å²) in [6.45, 7) is -2.12. The van der Waals surface area contributed by atoms with Gasteiger partial charge in [-0.15, -0.1) is 0 Å². The molecule has 59 heavy (non-hydrogen) atoms. The van der Waals surface area contributed by atoms with Gasteiger partial charge in [0.05, 0.1) is 83.0 Å². The van der Waals surface area contributed by atoms with Crippen LogP contribution in [0.5, 0.6) is 0 Å². The Morgan fingerprint density at radius 3 is 1.31 bits per heavy atom. The minimum Gasteiger partial charge on any atom is -0.394 e. The number of nitrogens with zero attached hydrogens (tertiary/aromatic N) is 2. The molecule has 0 heterocycles. The van der Waals surface area contributed by atoms with Gasteiger partial charge >= 0.3 is 0 Å². The van der Waals surface area contributed by atoms with Crippen LogP contribution in [0.3, 0.4) is 0 Å². The Kier molecular flexibility index (Phi) is 22.8. The van der Waals surface area contributed by atoms with Crippen molar-refractivity contribution in [3.63, 3.8) is 0 Å². The van der Waals surface area contributed by atoms with Gasteiger partial charge in [0.15, 0.2) is 12.2 Å². The van der Waals surface area contributed by atoms with Gasteiger partial charge in [0, 0.05) is 47.4 Å². The van der Waals surface area contributed by atoms with Crippen molar-refractivity contribution in [1.29, 1.82) is 0 Å². The summed E-state index contributed by atoms with van der Waals surface area (Å²) < 4.78 is 0.942. The van der Waals surface area contributed by atoms with E-state index in [0.717, 1.165) is 9.80 Å². The minimum absolute atomic E-state index is 0.00154. The van der Waals surface area contributed by atoms with E-state index >= 15 is 0 Å². The molecule has 0 saturated carbocycles. The molecule has 0 bridgehead atoms. The summed E-state index contributed by atoms with van der Waals surface area (Å²) in [5.74, 6) is -4.69. The summed E-state index contributed by atoms with van der Waals surface area (Å²) >= 11 is 9.00. The second-order valence-corrected chi connectivity index (χ2v) is 18.1. The maximum Gasteiger partial charge on any atom is 0.255 e. The summed E-state index contributed by atoms with van der Waals surface area (Å²) in [5.41, 5.74) is 0.145. The van der Waals surface area contributed by atoms with Crippen LogP contribution in [0.4, 0.5) is 11.4 Å². The Morgan fingerprint density at radius 1 is 0.542 bits per heavy atom. The minimum atomic E-state index is -1.81. The molecule has 2 rings (SSSR count). The first-order chi connectivity index (χ1) is 27.6. The highest BCUT2D eigenvalue weighted by molar-refractivity contribution is 14.1. The van der Waals surface area contributed by atoms with Crippen molar-refractivity contribution >= 4 is 160 Å². The number of likely N-dealkylation sites (N-methyl/N-ethyl adjacent to an activating group) is 2. The number of carbonyl (C=O) groups is 6. The average molecular weight is 1390 g/mol. The van der Waals surface area contributed by atoms with Crippen LogP contribution >= 0.6 is 113 Å². The van der Waals surface area contributed by atoms with Crippen molar-refractivity contribution in [3.8, 4) is 0 Å². The SMILES string of the molecule is Cc1c(NC(=O)C(O)CO)c(I)c(C(=O)NCCCNC(=O)c2c(I)c(NC(=O)C(O)CO)c(I)c(C(=O)N(C)CC(O)CO)c2I)c(I)c1C(=O)N(C)CC(O)CO. The summed E-state index contributed by atoms with van der Waals surface area (Å²) in [5, 5.41) is 87.2. The molecule has 0 aliphatic heterocycles. The molecule has 12 N–H and O–H groups in total. The maximum absolute atomic E-state index is 13.7. The number of hydrogen-bond acceptors (Lipinski definition) is 14. The van der Waals surface area contributed by atoms with Crippen LogP contribution in [0, 0.1) is 24.8 Å². The topological polar surface area (TPSA) is 319 Å².